The monoisotopic (exact) mass is 363 g/mol. The summed E-state index contributed by atoms with van der Waals surface area (Å²) < 4.78 is 0. The Kier molecular flexibility index (Phi) is 9.32. The van der Waals surface area contributed by atoms with Crippen LogP contribution >= 0.6 is 0 Å². The summed E-state index contributed by atoms with van der Waals surface area (Å²) in [5.74, 6) is 4.46. The molecule has 0 bridgehead atoms. The molecule has 0 heterocycles. The number of hydrazine groups is 1. The molecule has 0 aliphatic heterocycles. The standard InChI is InChI=1S/C18H29N5O3/c1-12(2)16(20-11-24)18(26)23-15(5-4-10-21-19)17(25)22-14-8-6-13(3)7-9-14/h6-9,11-12,15-16,21H,4-5,10,19H2,1-3H3,(H,20,24)(H,22,25)(H,23,26). The van der Waals surface area contributed by atoms with Crippen molar-refractivity contribution in [3.05, 3.63) is 29.8 Å². The Morgan fingerprint density at radius 1 is 1.15 bits per heavy atom. The van der Waals surface area contributed by atoms with Crippen molar-refractivity contribution in [2.75, 3.05) is 11.9 Å². The first-order chi connectivity index (χ1) is 12.4. The lowest BCUT2D eigenvalue weighted by atomic mass is 10.0. The SMILES string of the molecule is Cc1ccc(NC(=O)C(CCCNN)NC(=O)C(NC=O)C(C)C)cc1. The molecule has 0 fully saturated rings. The van der Waals surface area contributed by atoms with Crippen molar-refractivity contribution < 1.29 is 14.4 Å². The lowest BCUT2D eigenvalue weighted by molar-refractivity contribution is -0.130. The van der Waals surface area contributed by atoms with Crippen molar-refractivity contribution in [1.82, 2.24) is 16.1 Å². The Morgan fingerprint density at radius 2 is 1.81 bits per heavy atom. The van der Waals surface area contributed by atoms with Gasteiger partial charge < -0.3 is 16.0 Å². The third-order valence-electron chi connectivity index (χ3n) is 3.96. The van der Waals surface area contributed by atoms with Gasteiger partial charge in [-0.3, -0.25) is 25.7 Å². The molecule has 2 atom stereocenters. The molecule has 0 saturated heterocycles. The molecule has 1 rings (SSSR count). The zero-order valence-electron chi connectivity index (χ0n) is 15.5. The quantitative estimate of drug-likeness (QED) is 0.169. The molecule has 0 spiro atoms. The number of nitrogens with two attached hydrogens (primary N) is 1. The highest BCUT2D eigenvalue weighted by Gasteiger charge is 2.27. The zero-order chi connectivity index (χ0) is 19.5. The van der Waals surface area contributed by atoms with Crippen LogP contribution in [-0.2, 0) is 14.4 Å². The average molecular weight is 363 g/mol. The molecule has 0 aromatic heterocycles. The number of nitrogens with one attached hydrogen (secondary N) is 4. The summed E-state index contributed by atoms with van der Waals surface area (Å²) in [6, 6.07) is 5.97. The van der Waals surface area contributed by atoms with Crippen molar-refractivity contribution in [1.29, 1.82) is 0 Å². The Hall–Kier alpha value is -2.45. The summed E-state index contributed by atoms with van der Waals surface area (Å²) in [7, 11) is 0. The molecule has 26 heavy (non-hydrogen) atoms. The summed E-state index contributed by atoms with van der Waals surface area (Å²) >= 11 is 0. The second-order valence-corrected chi connectivity index (χ2v) is 6.52. The van der Waals surface area contributed by atoms with E-state index in [4.69, 9.17) is 5.84 Å². The fourth-order valence-corrected chi connectivity index (χ4v) is 2.45. The number of carbonyl (C=O) groups is 3. The predicted molar refractivity (Wildman–Crippen MR) is 101 cm³/mol. The molecule has 144 valence electrons. The van der Waals surface area contributed by atoms with E-state index in [2.05, 4.69) is 21.4 Å². The predicted octanol–water partition coefficient (Wildman–Crippen LogP) is 0.432. The Bertz CT molecular complexity index is 589. The smallest absolute Gasteiger partial charge is 0.246 e. The van der Waals surface area contributed by atoms with Crippen LogP contribution in [0.15, 0.2) is 24.3 Å². The van der Waals surface area contributed by atoms with Gasteiger partial charge in [-0.05, 0) is 37.8 Å². The summed E-state index contributed by atoms with van der Waals surface area (Å²) in [5, 5.41) is 8.03. The van der Waals surface area contributed by atoms with E-state index in [9.17, 15) is 14.4 Å². The topological polar surface area (TPSA) is 125 Å². The summed E-state index contributed by atoms with van der Waals surface area (Å²) in [6.45, 7) is 6.12. The molecule has 0 aliphatic carbocycles. The lowest BCUT2D eigenvalue weighted by Crippen LogP contribution is -2.53. The zero-order valence-corrected chi connectivity index (χ0v) is 15.5. The van der Waals surface area contributed by atoms with Crippen molar-refractivity contribution in [2.45, 2.75) is 45.7 Å². The number of carbonyl (C=O) groups excluding carboxylic acids is 3. The Balaban J connectivity index is 2.81. The molecule has 8 nitrogen and oxygen atoms in total. The first-order valence-corrected chi connectivity index (χ1v) is 8.70. The Labute approximate surface area is 154 Å². The van der Waals surface area contributed by atoms with E-state index in [0.29, 0.717) is 31.5 Å². The van der Waals surface area contributed by atoms with E-state index in [1.54, 1.807) is 12.1 Å². The van der Waals surface area contributed by atoms with Gasteiger partial charge >= 0.3 is 0 Å². The van der Waals surface area contributed by atoms with Crippen LogP contribution in [0.2, 0.25) is 0 Å². The van der Waals surface area contributed by atoms with Crippen LogP contribution in [0.1, 0.15) is 32.3 Å². The highest BCUT2D eigenvalue weighted by molar-refractivity contribution is 5.98. The number of rotatable bonds is 11. The van der Waals surface area contributed by atoms with Crippen LogP contribution in [0.3, 0.4) is 0 Å². The second kappa shape index (κ2) is 11.2. The van der Waals surface area contributed by atoms with Gasteiger partial charge in [-0.25, -0.2) is 0 Å². The van der Waals surface area contributed by atoms with E-state index in [1.165, 1.54) is 0 Å². The number of hydrogen-bond acceptors (Lipinski definition) is 5. The van der Waals surface area contributed by atoms with Crippen LogP contribution < -0.4 is 27.2 Å². The maximum Gasteiger partial charge on any atom is 0.246 e. The van der Waals surface area contributed by atoms with Crippen molar-refractivity contribution >= 4 is 23.9 Å². The van der Waals surface area contributed by atoms with Crippen molar-refractivity contribution in [3.63, 3.8) is 0 Å². The molecule has 0 aliphatic rings. The average Bonchev–Trinajstić information content (AvgIpc) is 2.60. The maximum atomic E-state index is 12.6. The van der Waals surface area contributed by atoms with E-state index in [1.807, 2.05) is 32.9 Å². The summed E-state index contributed by atoms with van der Waals surface area (Å²) in [4.78, 5) is 35.8. The van der Waals surface area contributed by atoms with Crippen LogP contribution in [0, 0.1) is 12.8 Å². The third kappa shape index (κ3) is 7.20. The van der Waals surface area contributed by atoms with E-state index < -0.39 is 18.0 Å². The van der Waals surface area contributed by atoms with Gasteiger partial charge in [0.25, 0.3) is 0 Å². The minimum atomic E-state index is -0.730. The second-order valence-electron chi connectivity index (χ2n) is 6.52. The molecule has 6 N–H and O–H groups in total. The summed E-state index contributed by atoms with van der Waals surface area (Å²) in [5.41, 5.74) is 4.27. The van der Waals surface area contributed by atoms with Crippen LogP contribution in [0.25, 0.3) is 0 Å². The van der Waals surface area contributed by atoms with Crippen LogP contribution in [0.5, 0.6) is 0 Å². The number of amides is 3. The molecule has 0 saturated carbocycles. The fraction of sp³-hybridized carbons (Fsp3) is 0.500. The van der Waals surface area contributed by atoms with E-state index in [0.717, 1.165) is 5.56 Å². The van der Waals surface area contributed by atoms with Gasteiger partial charge in [-0.15, -0.1) is 0 Å². The van der Waals surface area contributed by atoms with Gasteiger partial charge in [-0.1, -0.05) is 31.5 Å². The van der Waals surface area contributed by atoms with Gasteiger partial charge in [0.15, 0.2) is 0 Å². The highest BCUT2D eigenvalue weighted by Crippen LogP contribution is 2.11. The van der Waals surface area contributed by atoms with Gasteiger partial charge in [0, 0.05) is 12.2 Å². The van der Waals surface area contributed by atoms with Crippen LogP contribution in [-0.4, -0.2) is 36.9 Å². The van der Waals surface area contributed by atoms with Crippen molar-refractivity contribution in [2.24, 2.45) is 11.8 Å². The summed E-state index contributed by atoms with van der Waals surface area (Å²) in [6.07, 6.45) is 1.51. The maximum absolute atomic E-state index is 12.6. The number of hydrogen-bond donors (Lipinski definition) is 5. The van der Waals surface area contributed by atoms with E-state index in [-0.39, 0.29) is 11.8 Å². The molecular formula is C18H29N5O3. The largest absolute Gasteiger partial charge is 0.347 e. The van der Waals surface area contributed by atoms with Gasteiger partial charge in [0.2, 0.25) is 18.2 Å². The van der Waals surface area contributed by atoms with Crippen molar-refractivity contribution in [3.8, 4) is 0 Å². The molecule has 8 heteroatoms. The fourth-order valence-electron chi connectivity index (χ4n) is 2.45. The molecule has 1 aromatic rings. The first-order valence-electron chi connectivity index (χ1n) is 8.70. The Morgan fingerprint density at radius 3 is 2.35 bits per heavy atom. The molecule has 3 amide bonds. The molecule has 2 unspecified atom stereocenters. The van der Waals surface area contributed by atoms with Gasteiger partial charge in [0.1, 0.15) is 12.1 Å². The third-order valence-corrected chi connectivity index (χ3v) is 3.96. The molecule has 0 radical (unpaired) electrons. The van der Waals surface area contributed by atoms with E-state index >= 15 is 0 Å². The number of aryl methyl sites for hydroxylation is 1. The highest BCUT2D eigenvalue weighted by atomic mass is 16.2. The molecule has 1 aromatic carbocycles. The van der Waals surface area contributed by atoms with Gasteiger partial charge in [0.05, 0.1) is 0 Å². The molecular weight excluding hydrogens is 334 g/mol. The van der Waals surface area contributed by atoms with Crippen LogP contribution in [0.4, 0.5) is 5.69 Å². The minimum Gasteiger partial charge on any atom is -0.347 e. The minimum absolute atomic E-state index is 0.105. The first kappa shape index (κ1) is 21.6. The normalized spacial score (nSPS) is 13.0. The number of benzene rings is 1. The number of anilines is 1. The lowest BCUT2D eigenvalue weighted by Gasteiger charge is -2.24. The van der Waals surface area contributed by atoms with Gasteiger partial charge in [-0.2, -0.15) is 0 Å².